The van der Waals surface area contributed by atoms with Crippen molar-refractivity contribution in [1.29, 1.82) is 0 Å². The molecule has 3 aromatic rings. The molecule has 0 saturated carbocycles. The van der Waals surface area contributed by atoms with Gasteiger partial charge in [0.15, 0.2) is 0 Å². The topological polar surface area (TPSA) is 94.6 Å². The Hall–Kier alpha value is -2.97. The maximum absolute atomic E-state index is 13.6. The average Bonchev–Trinajstić information content (AvgIpc) is 3.03. The molecule has 0 spiro atoms. The zero-order valence-electron chi connectivity index (χ0n) is 26.1. The van der Waals surface area contributed by atoms with Gasteiger partial charge in [-0.2, -0.15) is 0 Å². The first-order valence-electron chi connectivity index (χ1n) is 16.2. The standard InChI is InChI=1S/C36H48O6S2/c1-2-3-4-5-6-7-8-9-10-11-12-13-14-15-22-27-36(37)42-34-29-28-33(43(38,39)31-23-18-16-19-24-31)30-35(34)44(40,41)32-25-20-17-21-26-32/h16-21,23-26,28-30H,2-15,22,27H2,1H3. The van der Waals surface area contributed by atoms with Crippen molar-refractivity contribution in [1.82, 2.24) is 0 Å². The van der Waals surface area contributed by atoms with Crippen LogP contribution in [-0.4, -0.2) is 22.8 Å². The van der Waals surface area contributed by atoms with Crippen molar-refractivity contribution < 1.29 is 26.4 Å². The Morgan fingerprint density at radius 1 is 0.523 bits per heavy atom. The molecule has 0 radical (unpaired) electrons. The second-order valence-corrected chi connectivity index (χ2v) is 15.3. The van der Waals surface area contributed by atoms with Crippen molar-refractivity contribution in [2.24, 2.45) is 0 Å². The van der Waals surface area contributed by atoms with E-state index in [1.54, 1.807) is 36.4 Å². The zero-order valence-corrected chi connectivity index (χ0v) is 27.7. The van der Waals surface area contributed by atoms with Gasteiger partial charge >= 0.3 is 5.97 Å². The minimum absolute atomic E-state index is 0.0195. The highest BCUT2D eigenvalue weighted by Crippen LogP contribution is 2.34. The van der Waals surface area contributed by atoms with Gasteiger partial charge in [-0.25, -0.2) is 16.8 Å². The number of hydrogen-bond donors (Lipinski definition) is 0. The molecular weight excluding hydrogens is 593 g/mol. The summed E-state index contributed by atoms with van der Waals surface area (Å²) in [6.07, 6.45) is 18.5. The van der Waals surface area contributed by atoms with Crippen LogP contribution in [-0.2, 0) is 24.5 Å². The lowest BCUT2D eigenvalue weighted by atomic mass is 10.0. The minimum Gasteiger partial charge on any atom is -0.425 e. The third-order valence-corrected chi connectivity index (χ3v) is 11.4. The van der Waals surface area contributed by atoms with E-state index in [9.17, 15) is 21.6 Å². The molecule has 0 aliphatic rings. The van der Waals surface area contributed by atoms with E-state index < -0.39 is 25.6 Å². The molecule has 0 saturated heterocycles. The first-order valence-corrected chi connectivity index (χ1v) is 19.2. The number of unbranched alkanes of at least 4 members (excludes halogenated alkanes) is 14. The Bertz CT molecular complexity index is 1480. The van der Waals surface area contributed by atoms with Gasteiger partial charge in [-0.05, 0) is 48.9 Å². The van der Waals surface area contributed by atoms with Gasteiger partial charge in [-0.3, -0.25) is 4.79 Å². The molecule has 8 heteroatoms. The van der Waals surface area contributed by atoms with E-state index in [1.165, 1.54) is 107 Å². The number of esters is 1. The Morgan fingerprint density at radius 2 is 0.955 bits per heavy atom. The summed E-state index contributed by atoms with van der Waals surface area (Å²) >= 11 is 0. The van der Waals surface area contributed by atoms with Crippen molar-refractivity contribution in [2.45, 2.75) is 129 Å². The van der Waals surface area contributed by atoms with E-state index in [0.717, 1.165) is 25.3 Å². The SMILES string of the molecule is CCCCCCCCCCCCCCCCCC(=O)Oc1ccc(S(=O)(=O)c2ccccc2)cc1S(=O)(=O)c1ccccc1. The number of sulfone groups is 2. The summed E-state index contributed by atoms with van der Waals surface area (Å²) < 4.78 is 59.2. The third-order valence-electron chi connectivity index (χ3n) is 7.83. The number of carbonyl (C=O) groups excluding carboxylic acids is 1. The van der Waals surface area contributed by atoms with Gasteiger partial charge in [0.1, 0.15) is 10.6 Å². The van der Waals surface area contributed by atoms with Gasteiger partial charge < -0.3 is 4.74 Å². The number of carbonyl (C=O) groups is 1. The van der Waals surface area contributed by atoms with E-state index >= 15 is 0 Å². The van der Waals surface area contributed by atoms with Crippen LogP contribution in [0.2, 0.25) is 0 Å². The molecular formula is C36H48O6S2. The van der Waals surface area contributed by atoms with Crippen LogP contribution in [0.3, 0.4) is 0 Å². The number of benzene rings is 3. The van der Waals surface area contributed by atoms with E-state index in [1.807, 2.05) is 0 Å². The largest absolute Gasteiger partial charge is 0.425 e. The monoisotopic (exact) mass is 640 g/mol. The van der Waals surface area contributed by atoms with Crippen molar-refractivity contribution in [3.63, 3.8) is 0 Å². The summed E-state index contributed by atoms with van der Waals surface area (Å²) in [5, 5.41) is 0. The van der Waals surface area contributed by atoms with Crippen LogP contribution in [0, 0.1) is 0 Å². The van der Waals surface area contributed by atoms with Crippen LogP contribution in [0.4, 0.5) is 0 Å². The van der Waals surface area contributed by atoms with Gasteiger partial charge in [0.25, 0.3) is 0 Å². The fourth-order valence-corrected chi connectivity index (χ4v) is 8.04. The van der Waals surface area contributed by atoms with E-state index in [-0.39, 0.29) is 31.8 Å². The molecule has 3 rings (SSSR count). The highest BCUT2D eigenvalue weighted by Gasteiger charge is 2.27. The maximum atomic E-state index is 13.6. The number of rotatable bonds is 21. The van der Waals surface area contributed by atoms with Crippen LogP contribution < -0.4 is 4.74 Å². The molecule has 0 aliphatic heterocycles. The lowest BCUT2D eigenvalue weighted by molar-refractivity contribution is -0.134. The molecule has 0 N–H and O–H groups in total. The third kappa shape index (κ3) is 11.2. The van der Waals surface area contributed by atoms with E-state index in [0.29, 0.717) is 6.42 Å². The summed E-state index contributed by atoms with van der Waals surface area (Å²) in [5.74, 6) is -0.713. The molecule has 0 atom stereocenters. The second kappa shape index (κ2) is 18.7. The van der Waals surface area contributed by atoms with Crippen molar-refractivity contribution in [3.8, 4) is 5.75 Å². The molecule has 0 amide bonds. The highest BCUT2D eigenvalue weighted by atomic mass is 32.2. The van der Waals surface area contributed by atoms with Gasteiger partial charge in [-0.1, -0.05) is 133 Å². The molecule has 0 aliphatic carbocycles. The molecule has 44 heavy (non-hydrogen) atoms. The first kappa shape index (κ1) is 35.5. The Balaban J connectivity index is 1.51. The molecule has 240 valence electrons. The van der Waals surface area contributed by atoms with Crippen LogP contribution in [0.25, 0.3) is 0 Å². The maximum Gasteiger partial charge on any atom is 0.311 e. The van der Waals surface area contributed by atoms with Gasteiger partial charge in [0, 0.05) is 6.42 Å². The van der Waals surface area contributed by atoms with Crippen LogP contribution in [0.5, 0.6) is 5.75 Å². The fourth-order valence-electron chi connectivity index (χ4n) is 5.23. The summed E-state index contributed by atoms with van der Waals surface area (Å²) in [5.41, 5.74) is 0. The summed E-state index contributed by atoms with van der Waals surface area (Å²) in [6, 6.07) is 19.1. The van der Waals surface area contributed by atoms with Gasteiger partial charge in [0.05, 0.1) is 14.7 Å². The molecule has 0 aromatic heterocycles. The van der Waals surface area contributed by atoms with Crippen molar-refractivity contribution >= 4 is 25.6 Å². The fraction of sp³-hybridized carbons (Fsp3) is 0.472. The second-order valence-electron chi connectivity index (χ2n) is 11.4. The summed E-state index contributed by atoms with van der Waals surface area (Å²) in [6.45, 7) is 2.25. The lowest BCUT2D eigenvalue weighted by Gasteiger charge is -2.13. The molecule has 6 nitrogen and oxygen atoms in total. The first-order chi connectivity index (χ1) is 21.3. The normalized spacial score (nSPS) is 11.8. The Morgan fingerprint density at radius 3 is 1.43 bits per heavy atom. The van der Waals surface area contributed by atoms with Crippen LogP contribution in [0.1, 0.15) is 110 Å². The molecule has 0 bridgehead atoms. The van der Waals surface area contributed by atoms with Crippen LogP contribution in [0.15, 0.2) is 98.4 Å². The molecule has 0 fully saturated rings. The smallest absolute Gasteiger partial charge is 0.311 e. The quantitative estimate of drug-likeness (QED) is 0.0654. The molecule has 0 heterocycles. The number of hydrogen-bond acceptors (Lipinski definition) is 6. The van der Waals surface area contributed by atoms with Crippen molar-refractivity contribution in [3.05, 3.63) is 78.9 Å². The summed E-state index contributed by atoms with van der Waals surface area (Å²) in [7, 11) is -8.16. The van der Waals surface area contributed by atoms with Crippen molar-refractivity contribution in [2.75, 3.05) is 0 Å². The van der Waals surface area contributed by atoms with E-state index in [2.05, 4.69) is 6.92 Å². The highest BCUT2D eigenvalue weighted by molar-refractivity contribution is 7.92. The summed E-state index contributed by atoms with van der Waals surface area (Å²) in [4.78, 5) is 12.2. The average molecular weight is 641 g/mol. The van der Waals surface area contributed by atoms with Gasteiger partial charge in [0.2, 0.25) is 19.7 Å². The Kier molecular flexibility index (Phi) is 15.1. The molecule has 3 aromatic carbocycles. The predicted octanol–water partition coefficient (Wildman–Crippen LogP) is 9.52. The predicted molar refractivity (Wildman–Crippen MR) is 175 cm³/mol. The van der Waals surface area contributed by atoms with Gasteiger partial charge in [-0.15, -0.1) is 0 Å². The lowest BCUT2D eigenvalue weighted by Crippen LogP contribution is -2.13. The minimum atomic E-state index is -4.17. The number of ether oxygens (including phenoxy) is 1. The molecule has 0 unspecified atom stereocenters. The Labute approximate surface area is 265 Å². The van der Waals surface area contributed by atoms with E-state index in [4.69, 9.17) is 4.74 Å². The van der Waals surface area contributed by atoms with Crippen LogP contribution >= 0.6 is 0 Å². The zero-order chi connectivity index (χ0) is 31.7.